The highest BCUT2D eigenvalue weighted by Crippen LogP contribution is 2.55. The molecule has 0 unspecified atom stereocenters. The molecule has 3 heteroatoms. The highest BCUT2D eigenvalue weighted by Gasteiger charge is 2.67. The van der Waals surface area contributed by atoms with E-state index in [2.05, 4.69) is 25.7 Å². The Hall–Kier alpha value is -0.120. The summed E-state index contributed by atoms with van der Waals surface area (Å²) in [4.78, 5) is 2.21. The summed E-state index contributed by atoms with van der Waals surface area (Å²) in [7, 11) is 2.03. The molecule has 0 saturated carbocycles. The van der Waals surface area contributed by atoms with Crippen LogP contribution in [0.4, 0.5) is 0 Å². The zero-order valence-electron chi connectivity index (χ0n) is 9.49. The van der Waals surface area contributed by atoms with Crippen LogP contribution >= 0.6 is 0 Å². The Labute approximate surface area is 85.7 Å². The summed E-state index contributed by atoms with van der Waals surface area (Å²) in [5.41, 5.74) is -0.419. The molecule has 0 aromatic carbocycles. The van der Waals surface area contributed by atoms with Crippen molar-refractivity contribution in [1.82, 2.24) is 4.90 Å². The van der Waals surface area contributed by atoms with Gasteiger partial charge in [0.05, 0.1) is 11.6 Å². The monoisotopic (exact) mass is 199 g/mol. The highest BCUT2D eigenvalue weighted by atomic mass is 16.3. The zero-order valence-corrected chi connectivity index (χ0v) is 9.49. The summed E-state index contributed by atoms with van der Waals surface area (Å²) >= 11 is 0. The molecule has 2 heterocycles. The van der Waals surface area contributed by atoms with E-state index in [0.717, 1.165) is 12.8 Å². The molecule has 2 rings (SSSR count). The smallest absolute Gasteiger partial charge is 0.100 e. The molecule has 14 heavy (non-hydrogen) atoms. The van der Waals surface area contributed by atoms with Crippen molar-refractivity contribution in [3.05, 3.63) is 0 Å². The number of aliphatic hydroxyl groups is 2. The second kappa shape index (κ2) is 2.71. The van der Waals surface area contributed by atoms with Gasteiger partial charge in [0.25, 0.3) is 0 Å². The van der Waals surface area contributed by atoms with Gasteiger partial charge in [0.1, 0.15) is 6.10 Å². The summed E-state index contributed by atoms with van der Waals surface area (Å²) in [6.45, 7) is 6.31. The van der Waals surface area contributed by atoms with E-state index >= 15 is 0 Å². The van der Waals surface area contributed by atoms with Gasteiger partial charge in [0.15, 0.2) is 0 Å². The largest absolute Gasteiger partial charge is 0.388 e. The highest BCUT2D eigenvalue weighted by molar-refractivity contribution is 5.22. The normalized spacial score (nSPS) is 53.4. The predicted octanol–water partition coefficient (Wildman–Crippen LogP) is 0.601. The Morgan fingerprint density at radius 2 is 1.79 bits per heavy atom. The van der Waals surface area contributed by atoms with Crippen molar-refractivity contribution in [3.63, 3.8) is 0 Å². The van der Waals surface area contributed by atoms with Crippen molar-refractivity contribution in [3.8, 4) is 0 Å². The minimum absolute atomic E-state index is 0.200. The lowest BCUT2D eigenvalue weighted by Crippen LogP contribution is -2.52. The average molecular weight is 199 g/mol. The van der Waals surface area contributed by atoms with Gasteiger partial charge in [-0.2, -0.15) is 0 Å². The molecule has 2 fully saturated rings. The molecular weight excluding hydrogens is 178 g/mol. The molecule has 2 bridgehead atoms. The average Bonchev–Trinajstić information content (AvgIpc) is 2.46. The molecule has 0 spiro atoms. The molecule has 3 nitrogen and oxygen atoms in total. The number of rotatable bonds is 1. The third-order valence-electron chi connectivity index (χ3n) is 4.87. The maximum atomic E-state index is 10.2. The summed E-state index contributed by atoms with van der Waals surface area (Å²) in [6.07, 6.45) is 0.797. The van der Waals surface area contributed by atoms with Gasteiger partial charge in [-0.05, 0) is 32.7 Å². The summed E-state index contributed by atoms with van der Waals surface area (Å²) in [6, 6.07) is 0. The van der Waals surface area contributed by atoms with Crippen molar-refractivity contribution in [1.29, 1.82) is 0 Å². The first-order valence-corrected chi connectivity index (χ1v) is 5.47. The topological polar surface area (TPSA) is 43.7 Å². The van der Waals surface area contributed by atoms with Crippen LogP contribution in [-0.4, -0.2) is 45.4 Å². The Kier molecular flexibility index (Phi) is 2.02. The van der Waals surface area contributed by atoms with E-state index in [1.165, 1.54) is 0 Å². The number of hydrogen-bond acceptors (Lipinski definition) is 3. The van der Waals surface area contributed by atoms with Crippen LogP contribution in [0.5, 0.6) is 0 Å². The first kappa shape index (κ1) is 10.4. The predicted molar refractivity (Wildman–Crippen MR) is 55.0 cm³/mol. The van der Waals surface area contributed by atoms with Crippen molar-refractivity contribution >= 4 is 0 Å². The fourth-order valence-electron chi connectivity index (χ4n) is 3.59. The number of hydrogen-bond donors (Lipinski definition) is 2. The minimum Gasteiger partial charge on any atom is -0.388 e. The van der Waals surface area contributed by atoms with Crippen LogP contribution in [0.2, 0.25) is 0 Å². The molecule has 82 valence electrons. The maximum Gasteiger partial charge on any atom is 0.100 e. The van der Waals surface area contributed by atoms with E-state index < -0.39 is 12.2 Å². The number of nitrogens with zero attached hydrogens (tertiary/aromatic N) is 1. The number of fused-ring (bicyclic) bond motifs is 2. The van der Waals surface area contributed by atoms with Crippen LogP contribution < -0.4 is 0 Å². The third kappa shape index (κ3) is 0.841. The number of aliphatic hydroxyl groups excluding tert-OH is 2. The van der Waals surface area contributed by atoms with E-state index in [-0.39, 0.29) is 11.1 Å². The van der Waals surface area contributed by atoms with Crippen molar-refractivity contribution in [2.24, 2.45) is 5.92 Å². The molecule has 4 atom stereocenters. The van der Waals surface area contributed by atoms with Crippen LogP contribution in [0.25, 0.3) is 0 Å². The minimum atomic E-state index is -0.594. The van der Waals surface area contributed by atoms with Gasteiger partial charge in [0, 0.05) is 5.54 Å². The second-order valence-electron chi connectivity index (χ2n) is 5.45. The lowest BCUT2D eigenvalue weighted by Gasteiger charge is -2.39. The first-order chi connectivity index (χ1) is 6.37. The molecule has 2 aliphatic rings. The van der Waals surface area contributed by atoms with E-state index in [1.807, 2.05) is 7.05 Å². The van der Waals surface area contributed by atoms with Crippen molar-refractivity contribution < 1.29 is 10.2 Å². The van der Waals surface area contributed by atoms with E-state index in [1.54, 1.807) is 0 Å². The van der Waals surface area contributed by atoms with Gasteiger partial charge < -0.3 is 10.2 Å². The SMILES string of the molecule is CC(C)[C@@]12CC[C@@](C)([C@@H](O)[C@H]1O)N2C. The van der Waals surface area contributed by atoms with E-state index in [0.29, 0.717) is 5.92 Å². The van der Waals surface area contributed by atoms with Gasteiger partial charge in [-0.1, -0.05) is 13.8 Å². The molecule has 0 amide bonds. The van der Waals surface area contributed by atoms with Crippen LogP contribution in [0.15, 0.2) is 0 Å². The van der Waals surface area contributed by atoms with Gasteiger partial charge in [-0.15, -0.1) is 0 Å². The first-order valence-electron chi connectivity index (χ1n) is 5.47. The molecule has 0 aliphatic carbocycles. The Morgan fingerprint density at radius 1 is 1.21 bits per heavy atom. The molecule has 0 aromatic heterocycles. The molecular formula is C11H21NO2. The van der Waals surface area contributed by atoms with Gasteiger partial charge in [-0.25, -0.2) is 0 Å². The molecule has 2 aliphatic heterocycles. The van der Waals surface area contributed by atoms with Gasteiger partial charge in [0.2, 0.25) is 0 Å². The molecule has 2 N–H and O–H groups in total. The lowest BCUT2D eigenvalue weighted by molar-refractivity contribution is -0.0432. The molecule has 0 aromatic rings. The van der Waals surface area contributed by atoms with Crippen LogP contribution in [-0.2, 0) is 0 Å². The fraction of sp³-hybridized carbons (Fsp3) is 1.00. The summed E-state index contributed by atoms with van der Waals surface area (Å²) in [5, 5.41) is 20.2. The van der Waals surface area contributed by atoms with E-state index in [4.69, 9.17) is 0 Å². The third-order valence-corrected chi connectivity index (χ3v) is 4.87. The van der Waals surface area contributed by atoms with Crippen LogP contribution in [0.3, 0.4) is 0 Å². The van der Waals surface area contributed by atoms with Crippen LogP contribution in [0.1, 0.15) is 33.6 Å². The molecule has 2 saturated heterocycles. The lowest BCUT2D eigenvalue weighted by atomic mass is 9.73. The Balaban J connectivity index is 2.45. The van der Waals surface area contributed by atoms with Gasteiger partial charge >= 0.3 is 0 Å². The zero-order chi connectivity index (χ0) is 10.7. The van der Waals surface area contributed by atoms with Crippen molar-refractivity contribution in [2.75, 3.05) is 7.05 Å². The maximum absolute atomic E-state index is 10.2. The standard InChI is InChI=1S/C11H21NO2/c1-7(2)11-6-5-10(3,12(11)4)8(13)9(11)14/h7-9,13-14H,5-6H2,1-4H3/t8-,9+,10-,11-/m0/s1. The van der Waals surface area contributed by atoms with Gasteiger partial charge in [-0.3, -0.25) is 4.90 Å². The Bertz CT molecular complexity index is 256. The van der Waals surface area contributed by atoms with Crippen molar-refractivity contribution in [2.45, 2.75) is 56.9 Å². The second-order valence-corrected chi connectivity index (χ2v) is 5.45. The Morgan fingerprint density at radius 3 is 2.07 bits per heavy atom. The number of likely N-dealkylation sites (N-methyl/N-ethyl adjacent to an activating group) is 1. The van der Waals surface area contributed by atoms with E-state index in [9.17, 15) is 10.2 Å². The quantitative estimate of drug-likeness (QED) is 0.650. The summed E-state index contributed by atoms with van der Waals surface area (Å²) < 4.78 is 0. The van der Waals surface area contributed by atoms with Crippen LogP contribution in [0, 0.1) is 5.92 Å². The summed E-state index contributed by atoms with van der Waals surface area (Å²) in [5.74, 6) is 0.376. The molecule has 0 radical (unpaired) electrons. The fourth-order valence-corrected chi connectivity index (χ4v) is 3.59.